The largest absolute Gasteiger partial charge is 0.397 e. The molecular weight excluding hydrogens is 548 g/mol. The summed E-state index contributed by atoms with van der Waals surface area (Å²) in [5.74, 6) is 0.894. The Balaban J connectivity index is 1.55. The lowest BCUT2D eigenvalue weighted by Crippen LogP contribution is -2.62. The number of hydrogen-bond donors (Lipinski definition) is 4. The highest BCUT2D eigenvalue weighted by Gasteiger charge is 2.65. The molecule has 4 N–H and O–H groups in total. The predicted molar refractivity (Wildman–Crippen MR) is 144 cm³/mol. The standard InChI is InChI=1S/C27H48O10S2/c1-16(2)6-5-7-17(15-36-38(30,31)32)19-10-11-20-18-8-9-21-25(29)23(37-39(33,34)35)12-13-26(21,3)24(18)22(28)14-27(19,20)4/h16-25,28-29H,5-15H2,1-4H3,(H,30,31,32)(H,33,34,35)/t17-,18?,19+,20?,21+,22-,23+,24?,25-,26-,27+/m0/s1. The van der Waals surface area contributed by atoms with Gasteiger partial charge < -0.3 is 10.2 Å². The zero-order valence-electron chi connectivity index (χ0n) is 23.6. The van der Waals surface area contributed by atoms with Crippen LogP contribution in [-0.4, -0.2) is 61.1 Å². The van der Waals surface area contributed by atoms with E-state index in [9.17, 15) is 36.2 Å². The fourth-order valence-electron chi connectivity index (χ4n) is 9.86. The van der Waals surface area contributed by atoms with Gasteiger partial charge in [0.2, 0.25) is 0 Å². The van der Waals surface area contributed by atoms with Gasteiger partial charge in [-0.15, -0.1) is 0 Å². The molecule has 3 unspecified atom stereocenters. The third kappa shape index (κ3) is 6.53. The minimum Gasteiger partial charge on any atom is -0.393 e. The second kappa shape index (κ2) is 11.4. The minimum atomic E-state index is -4.68. The van der Waals surface area contributed by atoms with Crippen LogP contribution in [0.3, 0.4) is 0 Å². The summed E-state index contributed by atoms with van der Waals surface area (Å²) in [6, 6.07) is 0. The van der Waals surface area contributed by atoms with Gasteiger partial charge in [-0.3, -0.25) is 9.11 Å². The van der Waals surface area contributed by atoms with Crippen LogP contribution in [0.15, 0.2) is 0 Å². The molecule has 0 amide bonds. The van der Waals surface area contributed by atoms with E-state index in [0.29, 0.717) is 31.1 Å². The van der Waals surface area contributed by atoms with Gasteiger partial charge in [0.05, 0.1) is 18.8 Å². The molecule has 0 spiro atoms. The summed E-state index contributed by atoms with van der Waals surface area (Å²) in [4.78, 5) is 0. The van der Waals surface area contributed by atoms with Crippen molar-refractivity contribution in [2.45, 2.75) is 110 Å². The normalized spacial score (nSPS) is 43.5. The van der Waals surface area contributed by atoms with Crippen LogP contribution in [0.2, 0.25) is 0 Å². The first kappa shape index (κ1) is 31.6. The Kier molecular flexibility index (Phi) is 9.23. The number of aliphatic hydroxyl groups is 2. The third-order valence-corrected chi connectivity index (χ3v) is 12.2. The molecule has 10 nitrogen and oxygen atoms in total. The number of hydrogen-bond acceptors (Lipinski definition) is 8. The molecule has 4 saturated carbocycles. The van der Waals surface area contributed by atoms with Crippen LogP contribution in [0.25, 0.3) is 0 Å². The van der Waals surface area contributed by atoms with Gasteiger partial charge in [0.1, 0.15) is 6.10 Å². The first-order chi connectivity index (χ1) is 18.0. The summed E-state index contributed by atoms with van der Waals surface area (Å²) >= 11 is 0. The summed E-state index contributed by atoms with van der Waals surface area (Å²) in [6.45, 7) is 8.59. The van der Waals surface area contributed by atoms with Gasteiger partial charge in [-0.25, -0.2) is 8.37 Å². The highest BCUT2D eigenvalue weighted by Crippen LogP contribution is 2.68. The van der Waals surface area contributed by atoms with E-state index in [4.69, 9.17) is 8.37 Å². The lowest BCUT2D eigenvalue weighted by Gasteiger charge is -2.63. The Labute approximate surface area is 234 Å². The van der Waals surface area contributed by atoms with E-state index < -0.39 is 44.5 Å². The van der Waals surface area contributed by atoms with Crippen LogP contribution in [0.4, 0.5) is 0 Å². The molecule has 39 heavy (non-hydrogen) atoms. The number of fused-ring (bicyclic) bond motifs is 5. The zero-order chi connectivity index (χ0) is 29.0. The first-order valence-corrected chi connectivity index (χ1v) is 17.3. The third-order valence-electron chi connectivity index (χ3n) is 11.3. The molecule has 12 heteroatoms. The molecule has 4 rings (SSSR count). The lowest BCUT2D eigenvalue weighted by molar-refractivity contribution is -0.205. The highest BCUT2D eigenvalue weighted by molar-refractivity contribution is 7.81. The monoisotopic (exact) mass is 596 g/mol. The number of rotatable bonds is 10. The molecule has 0 aliphatic heterocycles. The molecule has 0 saturated heterocycles. The van der Waals surface area contributed by atoms with E-state index in [1.807, 2.05) is 0 Å². The van der Waals surface area contributed by atoms with E-state index in [0.717, 1.165) is 38.5 Å². The number of aliphatic hydroxyl groups excluding tert-OH is 2. The maximum atomic E-state index is 11.8. The molecule has 0 radical (unpaired) electrons. The Hall–Kier alpha value is -0.340. The minimum absolute atomic E-state index is 0.0498. The van der Waals surface area contributed by atoms with Crippen molar-refractivity contribution in [2.24, 2.45) is 52.3 Å². The highest BCUT2D eigenvalue weighted by atomic mass is 32.3. The Morgan fingerprint density at radius 2 is 1.54 bits per heavy atom. The molecule has 0 bridgehead atoms. The fraction of sp³-hybridized carbons (Fsp3) is 1.00. The second-order valence-corrected chi connectivity index (χ2v) is 16.0. The smallest absolute Gasteiger partial charge is 0.393 e. The van der Waals surface area contributed by atoms with Crippen molar-refractivity contribution < 1.29 is 44.5 Å². The fourth-order valence-corrected chi connectivity index (χ4v) is 10.7. The molecule has 228 valence electrons. The molecule has 0 aromatic carbocycles. The van der Waals surface area contributed by atoms with E-state index in [-0.39, 0.29) is 48.0 Å². The van der Waals surface area contributed by atoms with E-state index >= 15 is 0 Å². The van der Waals surface area contributed by atoms with Crippen molar-refractivity contribution >= 4 is 20.8 Å². The maximum absolute atomic E-state index is 11.8. The van der Waals surface area contributed by atoms with Crippen molar-refractivity contribution in [3.63, 3.8) is 0 Å². The van der Waals surface area contributed by atoms with E-state index in [1.165, 1.54) is 0 Å². The van der Waals surface area contributed by atoms with Crippen LogP contribution in [-0.2, 0) is 29.2 Å². The van der Waals surface area contributed by atoms with Gasteiger partial charge in [0.25, 0.3) is 0 Å². The van der Waals surface area contributed by atoms with E-state index in [2.05, 4.69) is 27.7 Å². The molecule has 0 aromatic heterocycles. The SMILES string of the molecule is CC(C)CCC[C@@H](COS(=O)(=O)O)[C@H]1CCC2C3CC[C@@H]4[C@H](O)[C@H](OS(=O)(=O)O)CC[C@]4(C)C3[C@@H](O)C[C@@]21C. The Morgan fingerprint density at radius 1 is 0.872 bits per heavy atom. The molecule has 0 heterocycles. The molecule has 4 aliphatic rings. The summed E-state index contributed by atoms with van der Waals surface area (Å²) in [5.41, 5.74) is -0.607. The maximum Gasteiger partial charge on any atom is 0.397 e. The lowest BCUT2D eigenvalue weighted by atomic mass is 9.43. The van der Waals surface area contributed by atoms with Crippen molar-refractivity contribution in [1.82, 2.24) is 0 Å². The summed E-state index contributed by atoms with van der Waals surface area (Å²) in [5, 5.41) is 22.9. The van der Waals surface area contributed by atoms with Gasteiger partial charge in [-0.05, 0) is 104 Å². The van der Waals surface area contributed by atoms with Crippen molar-refractivity contribution in [2.75, 3.05) is 6.61 Å². The second-order valence-electron chi connectivity index (χ2n) is 13.8. The molecular formula is C27H48O10S2. The summed E-state index contributed by atoms with van der Waals surface area (Å²) < 4.78 is 73.8. The van der Waals surface area contributed by atoms with Gasteiger partial charge >= 0.3 is 20.8 Å². The first-order valence-electron chi connectivity index (χ1n) is 14.6. The van der Waals surface area contributed by atoms with Crippen LogP contribution in [0.5, 0.6) is 0 Å². The van der Waals surface area contributed by atoms with Gasteiger partial charge in [0, 0.05) is 0 Å². The van der Waals surface area contributed by atoms with Crippen molar-refractivity contribution in [3.05, 3.63) is 0 Å². The van der Waals surface area contributed by atoms with Crippen LogP contribution in [0, 0.1) is 52.3 Å². The molecule has 11 atom stereocenters. The predicted octanol–water partition coefficient (Wildman–Crippen LogP) is 4.04. The van der Waals surface area contributed by atoms with Crippen LogP contribution in [0.1, 0.15) is 91.9 Å². The van der Waals surface area contributed by atoms with Gasteiger partial charge in [0.15, 0.2) is 0 Å². The molecule has 4 fully saturated rings. The van der Waals surface area contributed by atoms with Crippen LogP contribution >= 0.6 is 0 Å². The summed E-state index contributed by atoms with van der Waals surface area (Å²) in [6.07, 6.45) is 4.88. The summed E-state index contributed by atoms with van der Waals surface area (Å²) in [7, 11) is -9.23. The van der Waals surface area contributed by atoms with Crippen molar-refractivity contribution in [3.8, 4) is 0 Å². The quantitative estimate of drug-likeness (QED) is 0.270. The van der Waals surface area contributed by atoms with Crippen LogP contribution < -0.4 is 0 Å². The van der Waals surface area contributed by atoms with Gasteiger partial charge in [-0.1, -0.05) is 40.5 Å². The average Bonchev–Trinajstić information content (AvgIpc) is 3.12. The molecule has 0 aromatic rings. The zero-order valence-corrected chi connectivity index (χ0v) is 25.2. The van der Waals surface area contributed by atoms with Gasteiger partial charge in [-0.2, -0.15) is 16.8 Å². The van der Waals surface area contributed by atoms with Crippen molar-refractivity contribution in [1.29, 1.82) is 0 Å². The average molecular weight is 597 g/mol. The van der Waals surface area contributed by atoms with E-state index in [1.54, 1.807) is 0 Å². The Morgan fingerprint density at radius 3 is 2.15 bits per heavy atom. The Bertz CT molecular complexity index is 1080. The molecule has 4 aliphatic carbocycles. The topological polar surface area (TPSA) is 168 Å².